The Balaban J connectivity index is 1.28. The van der Waals surface area contributed by atoms with Crippen LogP contribution in [0.3, 0.4) is 0 Å². The lowest BCUT2D eigenvalue weighted by Gasteiger charge is -2.05. The molecule has 30 heavy (non-hydrogen) atoms. The number of aryl methyl sites for hydroxylation is 3. The molecule has 7 nitrogen and oxygen atoms in total. The smallest absolute Gasteiger partial charge is 0.269 e. The lowest BCUT2D eigenvalue weighted by Crippen LogP contribution is -2.26. The van der Waals surface area contributed by atoms with Crippen molar-refractivity contribution in [2.75, 3.05) is 0 Å². The monoisotopic (exact) mass is 406 g/mol. The number of halogens is 1. The first kappa shape index (κ1) is 19.8. The van der Waals surface area contributed by atoms with Crippen LogP contribution >= 0.6 is 0 Å². The van der Waals surface area contributed by atoms with E-state index in [1.807, 2.05) is 24.3 Å². The summed E-state index contributed by atoms with van der Waals surface area (Å²) in [6.07, 6.45) is 5.05. The van der Waals surface area contributed by atoms with Gasteiger partial charge in [0.25, 0.3) is 5.91 Å². The van der Waals surface area contributed by atoms with Crippen LogP contribution in [0.25, 0.3) is 11.0 Å². The summed E-state index contributed by atoms with van der Waals surface area (Å²) in [7, 11) is 1.73. The van der Waals surface area contributed by atoms with Gasteiger partial charge in [-0.15, -0.1) is 0 Å². The molecule has 0 saturated carbocycles. The summed E-state index contributed by atoms with van der Waals surface area (Å²) in [5, 5.41) is 7.12. The summed E-state index contributed by atoms with van der Waals surface area (Å²) >= 11 is 0. The number of carbonyl (C=O) groups is 1. The number of rotatable bonds is 8. The highest BCUT2D eigenvalue weighted by atomic mass is 19.1. The van der Waals surface area contributed by atoms with Crippen molar-refractivity contribution in [3.05, 3.63) is 77.4 Å². The number of hydrogen-bond acceptors (Lipinski definition) is 4. The molecular formula is C22H23FN6O. The molecule has 0 aliphatic carbocycles. The predicted molar refractivity (Wildman–Crippen MR) is 111 cm³/mol. The normalized spacial score (nSPS) is 11.1. The fourth-order valence-corrected chi connectivity index (χ4v) is 3.39. The second-order valence-electron chi connectivity index (χ2n) is 7.17. The quantitative estimate of drug-likeness (QED) is 0.439. The predicted octanol–water partition coefficient (Wildman–Crippen LogP) is 3.33. The Hall–Kier alpha value is -3.55. The van der Waals surface area contributed by atoms with E-state index in [-0.39, 0.29) is 18.1 Å². The molecule has 0 aliphatic rings. The third-order valence-electron chi connectivity index (χ3n) is 4.95. The van der Waals surface area contributed by atoms with Crippen molar-refractivity contribution in [2.24, 2.45) is 7.05 Å². The number of carbonyl (C=O) groups excluding carboxylic acids is 1. The van der Waals surface area contributed by atoms with Crippen molar-refractivity contribution in [3.63, 3.8) is 0 Å². The molecule has 0 atom stereocenters. The molecule has 3 aromatic heterocycles. The van der Waals surface area contributed by atoms with Crippen molar-refractivity contribution >= 4 is 16.9 Å². The van der Waals surface area contributed by atoms with Crippen molar-refractivity contribution in [1.29, 1.82) is 0 Å². The molecule has 2 N–H and O–H groups in total. The SMILES string of the molecule is Cn1nc(CCCCc2nc3ccccc3[nH]2)cc1C(=O)NCc1ncccc1F. The van der Waals surface area contributed by atoms with Crippen LogP contribution in [-0.2, 0) is 26.4 Å². The van der Waals surface area contributed by atoms with Crippen LogP contribution in [0, 0.1) is 5.82 Å². The maximum atomic E-state index is 13.6. The van der Waals surface area contributed by atoms with Crippen LogP contribution in [0.2, 0.25) is 0 Å². The lowest BCUT2D eigenvalue weighted by atomic mass is 10.1. The minimum atomic E-state index is -0.437. The molecule has 1 aromatic carbocycles. The Bertz CT molecular complexity index is 1130. The van der Waals surface area contributed by atoms with Gasteiger partial charge in [-0.3, -0.25) is 14.5 Å². The average Bonchev–Trinajstić information content (AvgIpc) is 3.33. The first-order valence-electron chi connectivity index (χ1n) is 9.94. The molecule has 154 valence electrons. The Morgan fingerprint density at radius 3 is 2.83 bits per heavy atom. The Morgan fingerprint density at radius 1 is 1.17 bits per heavy atom. The second kappa shape index (κ2) is 8.86. The highest BCUT2D eigenvalue weighted by Crippen LogP contribution is 2.13. The summed E-state index contributed by atoms with van der Waals surface area (Å²) in [6.45, 7) is 0.0313. The number of unbranched alkanes of at least 4 members (excludes halogenated alkanes) is 1. The summed E-state index contributed by atoms with van der Waals surface area (Å²) in [5.41, 5.74) is 3.55. The molecule has 8 heteroatoms. The Morgan fingerprint density at radius 2 is 2.00 bits per heavy atom. The summed E-state index contributed by atoms with van der Waals surface area (Å²) in [6, 6.07) is 12.6. The maximum absolute atomic E-state index is 13.6. The fraction of sp³-hybridized carbons (Fsp3) is 0.273. The van der Waals surface area contributed by atoms with Crippen LogP contribution in [0.5, 0.6) is 0 Å². The molecule has 0 aliphatic heterocycles. The van der Waals surface area contributed by atoms with Gasteiger partial charge >= 0.3 is 0 Å². The third-order valence-corrected chi connectivity index (χ3v) is 4.95. The number of benzene rings is 1. The van der Waals surface area contributed by atoms with Gasteiger partial charge in [-0.1, -0.05) is 12.1 Å². The van der Waals surface area contributed by atoms with E-state index in [9.17, 15) is 9.18 Å². The highest BCUT2D eigenvalue weighted by molar-refractivity contribution is 5.92. The van der Waals surface area contributed by atoms with E-state index >= 15 is 0 Å². The standard InChI is InChI=1S/C22H23FN6O/c1-29-20(22(30)25-14-19-16(23)8-6-12-24-19)13-15(28-29)7-2-5-11-21-26-17-9-3-4-10-18(17)27-21/h3-4,6,8-10,12-13H,2,5,7,11,14H2,1H3,(H,25,30)(H,26,27). The van der Waals surface area contributed by atoms with Crippen LogP contribution in [-0.4, -0.2) is 30.6 Å². The Kier molecular flexibility index (Phi) is 5.83. The van der Waals surface area contributed by atoms with Crippen molar-refractivity contribution in [1.82, 2.24) is 30.0 Å². The summed E-state index contributed by atoms with van der Waals surface area (Å²) in [4.78, 5) is 24.3. The van der Waals surface area contributed by atoms with E-state index in [4.69, 9.17) is 0 Å². The molecule has 4 aromatic rings. The number of H-pyrrole nitrogens is 1. The molecule has 0 radical (unpaired) electrons. The van der Waals surface area contributed by atoms with E-state index in [1.165, 1.54) is 18.3 Å². The van der Waals surface area contributed by atoms with E-state index in [1.54, 1.807) is 17.8 Å². The first-order valence-corrected chi connectivity index (χ1v) is 9.94. The molecule has 1 amide bonds. The summed E-state index contributed by atoms with van der Waals surface area (Å²) < 4.78 is 15.2. The number of pyridine rings is 1. The largest absolute Gasteiger partial charge is 0.345 e. The maximum Gasteiger partial charge on any atom is 0.269 e. The zero-order valence-corrected chi connectivity index (χ0v) is 16.7. The van der Waals surface area contributed by atoms with Gasteiger partial charge in [0.2, 0.25) is 0 Å². The molecule has 0 unspecified atom stereocenters. The van der Waals surface area contributed by atoms with Crippen molar-refractivity contribution < 1.29 is 9.18 Å². The minimum Gasteiger partial charge on any atom is -0.345 e. The van der Waals surface area contributed by atoms with Crippen molar-refractivity contribution in [2.45, 2.75) is 32.2 Å². The molecule has 0 fully saturated rings. The number of nitrogens with one attached hydrogen (secondary N) is 2. The number of fused-ring (bicyclic) bond motifs is 1. The zero-order valence-electron chi connectivity index (χ0n) is 16.7. The van der Waals surface area contributed by atoms with E-state index in [0.717, 1.165) is 48.2 Å². The molecule has 3 heterocycles. The van der Waals surface area contributed by atoms with E-state index in [2.05, 4.69) is 25.4 Å². The number of hydrogen-bond donors (Lipinski definition) is 2. The topological polar surface area (TPSA) is 88.5 Å². The molecule has 0 spiro atoms. The van der Waals surface area contributed by atoms with Crippen LogP contribution in [0.15, 0.2) is 48.7 Å². The number of para-hydroxylation sites is 2. The van der Waals surface area contributed by atoms with Gasteiger partial charge < -0.3 is 10.3 Å². The molecule has 0 bridgehead atoms. The average molecular weight is 406 g/mol. The highest BCUT2D eigenvalue weighted by Gasteiger charge is 2.14. The van der Waals surface area contributed by atoms with E-state index in [0.29, 0.717) is 5.69 Å². The second-order valence-corrected chi connectivity index (χ2v) is 7.17. The first-order chi connectivity index (χ1) is 14.6. The Labute approximate surface area is 173 Å². The molecule has 4 rings (SSSR count). The van der Waals surface area contributed by atoms with Gasteiger partial charge in [0.05, 0.1) is 29.0 Å². The van der Waals surface area contributed by atoms with Gasteiger partial charge in [-0.05, 0) is 49.6 Å². The van der Waals surface area contributed by atoms with Crippen LogP contribution < -0.4 is 5.32 Å². The van der Waals surface area contributed by atoms with Gasteiger partial charge in [0.15, 0.2) is 0 Å². The van der Waals surface area contributed by atoms with Crippen LogP contribution in [0.1, 0.15) is 40.5 Å². The van der Waals surface area contributed by atoms with Gasteiger partial charge in [0, 0.05) is 19.7 Å². The number of aromatic amines is 1. The van der Waals surface area contributed by atoms with Gasteiger partial charge in [-0.25, -0.2) is 9.37 Å². The number of amides is 1. The number of nitrogens with zero attached hydrogens (tertiary/aromatic N) is 4. The minimum absolute atomic E-state index is 0.0313. The van der Waals surface area contributed by atoms with E-state index < -0.39 is 5.82 Å². The number of imidazole rings is 1. The lowest BCUT2D eigenvalue weighted by molar-refractivity contribution is 0.0940. The molecular weight excluding hydrogens is 383 g/mol. The third kappa shape index (κ3) is 4.53. The fourth-order valence-electron chi connectivity index (χ4n) is 3.39. The zero-order chi connectivity index (χ0) is 20.9. The van der Waals surface area contributed by atoms with Gasteiger partial charge in [-0.2, -0.15) is 5.10 Å². The molecule has 0 saturated heterocycles. The van der Waals surface area contributed by atoms with Crippen LogP contribution in [0.4, 0.5) is 4.39 Å². The van der Waals surface area contributed by atoms with Gasteiger partial charge in [0.1, 0.15) is 17.3 Å². The van der Waals surface area contributed by atoms with Crippen molar-refractivity contribution in [3.8, 4) is 0 Å². The number of aromatic nitrogens is 5. The summed E-state index contributed by atoms with van der Waals surface area (Å²) in [5.74, 6) is 0.246.